The maximum atomic E-state index is 11.7. The van der Waals surface area contributed by atoms with Crippen molar-refractivity contribution < 1.29 is 13.9 Å². The lowest BCUT2D eigenvalue weighted by atomic mass is 9.97. The molecule has 0 spiro atoms. The summed E-state index contributed by atoms with van der Waals surface area (Å²) < 4.78 is 9.84. The highest BCUT2D eigenvalue weighted by atomic mass is 32.2. The number of nitrogens with two attached hydrogens (primary N) is 1. The highest BCUT2D eigenvalue weighted by Gasteiger charge is 2.49. The second-order valence-corrected chi connectivity index (χ2v) is 4.82. The quantitative estimate of drug-likeness (QED) is 0.614. The van der Waals surface area contributed by atoms with Crippen molar-refractivity contribution in [1.29, 1.82) is 0 Å². The van der Waals surface area contributed by atoms with Gasteiger partial charge in [0.15, 0.2) is 0 Å². The van der Waals surface area contributed by atoms with Crippen LogP contribution in [0.15, 0.2) is 22.1 Å². The van der Waals surface area contributed by atoms with Gasteiger partial charge >= 0.3 is 5.97 Å². The Balaban J connectivity index is 2.00. The van der Waals surface area contributed by atoms with Crippen LogP contribution >= 0.6 is 11.8 Å². The third kappa shape index (κ3) is 2.22. The molecule has 0 aromatic carbocycles. The zero-order chi connectivity index (χ0) is 11.6. The maximum absolute atomic E-state index is 11.7. The van der Waals surface area contributed by atoms with E-state index in [0.29, 0.717) is 11.0 Å². The first kappa shape index (κ1) is 11.5. The molecule has 0 aliphatic heterocycles. The molecular formula is C10H14N2O3S. The first-order chi connectivity index (χ1) is 7.66. The van der Waals surface area contributed by atoms with Crippen molar-refractivity contribution in [1.82, 2.24) is 4.98 Å². The topological polar surface area (TPSA) is 78.4 Å². The first-order valence-corrected chi connectivity index (χ1v) is 6.05. The normalized spacial score (nSPS) is 19.1. The van der Waals surface area contributed by atoms with Crippen molar-refractivity contribution in [3.63, 3.8) is 0 Å². The largest absolute Gasteiger partial charge is 0.468 e. The number of ether oxygens (including phenoxy) is 1. The smallest absolute Gasteiger partial charge is 0.327 e. The van der Waals surface area contributed by atoms with Crippen LogP contribution in [-0.2, 0) is 9.53 Å². The minimum atomic E-state index is -0.909. The molecule has 1 aromatic heterocycles. The van der Waals surface area contributed by atoms with E-state index in [1.54, 1.807) is 6.20 Å². The second-order valence-electron chi connectivity index (χ2n) is 3.89. The fraction of sp³-hybridized carbons (Fsp3) is 0.600. The molecule has 2 N–H and O–H groups in total. The minimum absolute atomic E-state index is 0.224. The van der Waals surface area contributed by atoms with Crippen LogP contribution in [0.3, 0.4) is 0 Å². The van der Waals surface area contributed by atoms with E-state index in [1.165, 1.54) is 25.1 Å². The third-order valence-corrected chi connectivity index (χ3v) is 3.79. The van der Waals surface area contributed by atoms with E-state index >= 15 is 0 Å². The number of carbonyl (C=O) groups excluding carboxylic acids is 1. The summed E-state index contributed by atoms with van der Waals surface area (Å²) in [7, 11) is 1.36. The lowest BCUT2D eigenvalue weighted by molar-refractivity contribution is -0.146. The molecule has 0 amide bonds. The number of carbonyl (C=O) groups is 1. The van der Waals surface area contributed by atoms with E-state index in [2.05, 4.69) is 4.98 Å². The van der Waals surface area contributed by atoms with E-state index in [-0.39, 0.29) is 11.9 Å². The number of oxazole rings is 1. The predicted octanol–water partition coefficient (Wildman–Crippen LogP) is 1.05. The Labute approximate surface area is 97.7 Å². The molecule has 0 bridgehead atoms. The number of esters is 1. The molecule has 6 heteroatoms. The number of methoxy groups -OCH3 is 1. The van der Waals surface area contributed by atoms with Crippen molar-refractivity contribution >= 4 is 17.7 Å². The summed E-state index contributed by atoms with van der Waals surface area (Å²) in [6.07, 6.45) is 5.03. The Hall–Kier alpha value is -1.01. The number of hydrogen-bond acceptors (Lipinski definition) is 6. The number of aromatic nitrogens is 1. The van der Waals surface area contributed by atoms with Gasteiger partial charge in [-0.1, -0.05) is 11.8 Å². The van der Waals surface area contributed by atoms with Gasteiger partial charge in [0.05, 0.1) is 13.3 Å². The fourth-order valence-corrected chi connectivity index (χ4v) is 2.57. The molecular weight excluding hydrogens is 228 g/mol. The van der Waals surface area contributed by atoms with Crippen LogP contribution in [0, 0.1) is 5.92 Å². The molecule has 1 aliphatic rings. The summed E-state index contributed by atoms with van der Waals surface area (Å²) in [5.41, 5.74) is 5.20. The van der Waals surface area contributed by atoms with Gasteiger partial charge < -0.3 is 14.9 Å². The van der Waals surface area contributed by atoms with Gasteiger partial charge in [0.25, 0.3) is 5.22 Å². The van der Waals surface area contributed by atoms with Crippen LogP contribution < -0.4 is 5.73 Å². The number of hydrogen-bond donors (Lipinski definition) is 1. The van der Waals surface area contributed by atoms with Crippen LogP contribution in [0.1, 0.15) is 12.8 Å². The molecule has 1 heterocycles. The molecule has 2 rings (SSSR count). The van der Waals surface area contributed by atoms with Gasteiger partial charge in [0.2, 0.25) is 0 Å². The lowest BCUT2D eigenvalue weighted by Crippen LogP contribution is -2.53. The summed E-state index contributed by atoms with van der Waals surface area (Å²) in [5, 5.41) is 0.527. The minimum Gasteiger partial charge on any atom is -0.468 e. The molecule has 1 fully saturated rings. The molecule has 0 saturated heterocycles. The first-order valence-electron chi connectivity index (χ1n) is 5.06. The second kappa shape index (κ2) is 4.47. The summed E-state index contributed by atoms with van der Waals surface area (Å²) in [5.74, 6) is 0.307. The summed E-state index contributed by atoms with van der Waals surface area (Å²) in [6.45, 7) is 0. The molecule has 1 aliphatic carbocycles. The highest BCUT2D eigenvalue weighted by Crippen LogP contribution is 2.41. The summed E-state index contributed by atoms with van der Waals surface area (Å²) in [4.78, 5) is 15.6. The number of rotatable bonds is 5. The van der Waals surface area contributed by atoms with Gasteiger partial charge in [0, 0.05) is 5.75 Å². The molecule has 16 heavy (non-hydrogen) atoms. The Morgan fingerprint density at radius 2 is 2.56 bits per heavy atom. The van der Waals surface area contributed by atoms with E-state index < -0.39 is 5.54 Å². The molecule has 1 atom stereocenters. The number of nitrogens with zero attached hydrogens (tertiary/aromatic N) is 1. The zero-order valence-electron chi connectivity index (χ0n) is 9.01. The zero-order valence-corrected chi connectivity index (χ0v) is 9.83. The van der Waals surface area contributed by atoms with Gasteiger partial charge in [-0.15, -0.1) is 0 Å². The van der Waals surface area contributed by atoms with E-state index in [4.69, 9.17) is 14.9 Å². The average molecular weight is 242 g/mol. The van der Waals surface area contributed by atoms with Crippen LogP contribution in [0.4, 0.5) is 0 Å². The van der Waals surface area contributed by atoms with Crippen molar-refractivity contribution in [3.05, 3.63) is 12.5 Å². The Kier molecular flexibility index (Phi) is 3.20. The molecule has 5 nitrogen and oxygen atoms in total. The molecule has 88 valence electrons. The van der Waals surface area contributed by atoms with Crippen molar-refractivity contribution in [2.75, 3.05) is 12.9 Å². The Morgan fingerprint density at radius 1 is 1.81 bits per heavy atom. The third-order valence-electron chi connectivity index (χ3n) is 2.72. The van der Waals surface area contributed by atoms with Gasteiger partial charge in [-0.3, -0.25) is 4.79 Å². The van der Waals surface area contributed by atoms with Crippen molar-refractivity contribution in [2.24, 2.45) is 11.7 Å². The van der Waals surface area contributed by atoms with Gasteiger partial charge in [-0.2, -0.15) is 0 Å². The summed E-state index contributed by atoms with van der Waals surface area (Å²) in [6, 6.07) is 0. The maximum Gasteiger partial charge on any atom is 0.327 e. The van der Waals surface area contributed by atoms with Crippen LogP contribution in [0.25, 0.3) is 0 Å². The standard InChI is InChI=1S/C10H14N2O3S/c1-14-8(13)10(11,7-2-3-7)6-16-9-12-4-5-15-9/h4-5,7H,2-3,6,11H2,1H3. The fourth-order valence-electron chi connectivity index (χ4n) is 1.59. The van der Waals surface area contributed by atoms with Crippen molar-refractivity contribution in [2.45, 2.75) is 23.6 Å². The Morgan fingerprint density at radius 3 is 3.06 bits per heavy atom. The molecule has 1 unspecified atom stereocenters. The lowest BCUT2D eigenvalue weighted by Gasteiger charge is -2.25. The molecule has 0 radical (unpaired) electrons. The highest BCUT2D eigenvalue weighted by molar-refractivity contribution is 7.99. The summed E-state index contributed by atoms with van der Waals surface area (Å²) >= 11 is 1.34. The Bertz CT molecular complexity index is 364. The molecule has 1 aromatic rings. The van der Waals surface area contributed by atoms with E-state index in [0.717, 1.165) is 12.8 Å². The molecule has 1 saturated carbocycles. The van der Waals surface area contributed by atoms with Crippen LogP contribution in [0.2, 0.25) is 0 Å². The monoisotopic (exact) mass is 242 g/mol. The van der Waals surface area contributed by atoms with E-state index in [9.17, 15) is 4.79 Å². The van der Waals surface area contributed by atoms with Gasteiger partial charge in [0.1, 0.15) is 11.8 Å². The van der Waals surface area contributed by atoms with Crippen LogP contribution in [0.5, 0.6) is 0 Å². The SMILES string of the molecule is COC(=O)C(N)(CSc1ncco1)C1CC1. The average Bonchev–Trinajstić information content (AvgIpc) is 3.03. The van der Waals surface area contributed by atoms with Gasteiger partial charge in [-0.25, -0.2) is 4.98 Å². The number of thioether (sulfide) groups is 1. The van der Waals surface area contributed by atoms with E-state index in [1.807, 2.05) is 0 Å². The predicted molar refractivity (Wildman–Crippen MR) is 58.9 cm³/mol. The van der Waals surface area contributed by atoms with Gasteiger partial charge in [-0.05, 0) is 18.8 Å². The van der Waals surface area contributed by atoms with Crippen molar-refractivity contribution in [3.8, 4) is 0 Å². The van der Waals surface area contributed by atoms with Crippen LogP contribution in [-0.4, -0.2) is 29.4 Å².